The van der Waals surface area contributed by atoms with Gasteiger partial charge in [-0.3, -0.25) is 9.59 Å². The van der Waals surface area contributed by atoms with Crippen molar-refractivity contribution in [1.82, 2.24) is 15.5 Å². The molecular weight excluding hydrogens is 406 g/mol. The number of carbonyl (C=O) groups is 3. The minimum atomic E-state index is -0.888. The number of rotatable bonds is 10. The summed E-state index contributed by atoms with van der Waals surface area (Å²) in [5, 5.41) is 5.53. The molecule has 0 aromatic heterocycles. The first-order chi connectivity index (χ1) is 14.9. The van der Waals surface area contributed by atoms with Crippen molar-refractivity contribution >= 4 is 17.9 Å². The average molecular weight is 446 g/mol. The van der Waals surface area contributed by atoms with Crippen molar-refractivity contribution in [2.24, 2.45) is 0 Å². The lowest BCUT2D eigenvalue weighted by molar-refractivity contribution is -0.141. The van der Waals surface area contributed by atoms with Gasteiger partial charge in [-0.05, 0) is 59.1 Å². The largest absolute Gasteiger partial charge is 0.444 e. The summed E-state index contributed by atoms with van der Waals surface area (Å²) in [5.74, 6) is -0.654. The molecule has 32 heavy (non-hydrogen) atoms. The first kappa shape index (κ1) is 27.2. The number of ether oxygens (including phenoxy) is 1. The molecule has 0 spiro atoms. The van der Waals surface area contributed by atoms with Crippen LogP contribution in [0, 0.1) is 13.8 Å². The average Bonchev–Trinajstić information content (AvgIpc) is 2.68. The van der Waals surface area contributed by atoms with Crippen LogP contribution in [0.3, 0.4) is 0 Å². The zero-order valence-corrected chi connectivity index (χ0v) is 20.6. The van der Waals surface area contributed by atoms with Crippen LogP contribution in [0.1, 0.15) is 70.2 Å². The highest BCUT2D eigenvalue weighted by Crippen LogP contribution is 2.26. The highest BCUT2D eigenvalue weighted by molar-refractivity contribution is 5.92. The van der Waals surface area contributed by atoms with Gasteiger partial charge in [-0.25, -0.2) is 4.79 Å². The lowest BCUT2D eigenvalue weighted by Gasteiger charge is -2.33. The third-order valence-corrected chi connectivity index (χ3v) is 4.83. The van der Waals surface area contributed by atoms with Crippen molar-refractivity contribution in [2.45, 2.75) is 79.0 Å². The summed E-state index contributed by atoms with van der Waals surface area (Å²) in [7, 11) is 0. The van der Waals surface area contributed by atoms with Crippen LogP contribution in [0.5, 0.6) is 0 Å². The van der Waals surface area contributed by atoms with Gasteiger partial charge in [0, 0.05) is 13.1 Å². The maximum Gasteiger partial charge on any atom is 0.408 e. The maximum absolute atomic E-state index is 13.4. The molecule has 0 heterocycles. The molecule has 0 aliphatic carbocycles. The molecule has 0 saturated heterocycles. The van der Waals surface area contributed by atoms with Crippen LogP contribution in [-0.4, -0.2) is 47.5 Å². The zero-order valence-electron chi connectivity index (χ0n) is 20.6. The SMILES string of the molecule is C=CCN(C(=O)C(C)NC(=O)OC(C)(C)C)C(C(=O)NCCCC)c1cc(C)ccc1C. The van der Waals surface area contributed by atoms with Crippen LogP contribution in [0.4, 0.5) is 4.79 Å². The van der Waals surface area contributed by atoms with E-state index in [0.717, 1.165) is 29.5 Å². The summed E-state index contributed by atoms with van der Waals surface area (Å²) in [5.41, 5.74) is 1.95. The summed E-state index contributed by atoms with van der Waals surface area (Å²) in [4.78, 5) is 40.3. The summed E-state index contributed by atoms with van der Waals surface area (Å²) in [6, 6.07) is 4.10. The monoisotopic (exact) mass is 445 g/mol. The number of hydrogen-bond donors (Lipinski definition) is 2. The van der Waals surface area contributed by atoms with Crippen molar-refractivity contribution in [3.63, 3.8) is 0 Å². The Hall–Kier alpha value is -2.83. The van der Waals surface area contributed by atoms with Gasteiger partial charge in [-0.2, -0.15) is 0 Å². The van der Waals surface area contributed by atoms with E-state index in [0.29, 0.717) is 6.54 Å². The summed E-state index contributed by atoms with van der Waals surface area (Å²) < 4.78 is 5.27. The second-order valence-electron chi connectivity index (χ2n) is 9.05. The van der Waals surface area contributed by atoms with E-state index < -0.39 is 29.7 Å². The zero-order chi connectivity index (χ0) is 24.5. The van der Waals surface area contributed by atoms with Crippen molar-refractivity contribution in [3.05, 3.63) is 47.5 Å². The fraction of sp³-hybridized carbons (Fsp3) is 0.560. The molecule has 0 saturated carbocycles. The Labute approximate surface area is 192 Å². The number of alkyl carbamates (subject to hydrolysis) is 1. The number of carbonyl (C=O) groups excluding carboxylic acids is 3. The fourth-order valence-electron chi connectivity index (χ4n) is 3.25. The first-order valence-corrected chi connectivity index (χ1v) is 11.2. The van der Waals surface area contributed by atoms with Crippen molar-refractivity contribution in [2.75, 3.05) is 13.1 Å². The molecule has 7 nitrogen and oxygen atoms in total. The molecule has 0 aliphatic rings. The Morgan fingerprint density at radius 1 is 1.22 bits per heavy atom. The third-order valence-electron chi connectivity index (χ3n) is 4.83. The Kier molecular flexibility index (Phi) is 10.4. The second-order valence-corrected chi connectivity index (χ2v) is 9.05. The van der Waals surface area contributed by atoms with Crippen LogP contribution in [-0.2, 0) is 14.3 Å². The minimum absolute atomic E-state index is 0.151. The molecular formula is C25H39N3O4. The lowest BCUT2D eigenvalue weighted by Crippen LogP contribution is -2.52. The summed E-state index contributed by atoms with van der Waals surface area (Å²) in [6.45, 7) is 17.2. The van der Waals surface area contributed by atoms with E-state index in [-0.39, 0.29) is 12.5 Å². The molecule has 178 valence electrons. The Bertz CT molecular complexity index is 814. The smallest absolute Gasteiger partial charge is 0.408 e. The van der Waals surface area contributed by atoms with Crippen molar-refractivity contribution < 1.29 is 19.1 Å². The summed E-state index contributed by atoms with van der Waals surface area (Å²) >= 11 is 0. The van der Waals surface area contributed by atoms with Gasteiger partial charge < -0.3 is 20.3 Å². The minimum Gasteiger partial charge on any atom is -0.444 e. The van der Waals surface area contributed by atoms with Gasteiger partial charge in [0.25, 0.3) is 0 Å². The molecule has 0 bridgehead atoms. The van der Waals surface area contributed by atoms with Gasteiger partial charge in [0.1, 0.15) is 17.7 Å². The quantitative estimate of drug-likeness (QED) is 0.418. The molecule has 1 rings (SSSR count). The van der Waals surface area contributed by atoms with Crippen molar-refractivity contribution in [3.8, 4) is 0 Å². The predicted octanol–water partition coefficient (Wildman–Crippen LogP) is 4.19. The topological polar surface area (TPSA) is 87.7 Å². The van der Waals surface area contributed by atoms with Gasteiger partial charge in [-0.15, -0.1) is 6.58 Å². The predicted molar refractivity (Wildman–Crippen MR) is 127 cm³/mol. The van der Waals surface area contributed by atoms with E-state index in [2.05, 4.69) is 17.2 Å². The van der Waals surface area contributed by atoms with E-state index in [1.54, 1.807) is 33.8 Å². The normalized spacial score (nSPS) is 13.0. The Balaban J connectivity index is 3.29. The molecule has 0 radical (unpaired) electrons. The third kappa shape index (κ3) is 8.36. The standard InChI is InChI=1S/C25H39N3O4/c1-9-11-14-26-22(29)21(20-16-17(3)12-13-18(20)4)28(15-10-2)23(30)19(5)27-24(31)32-25(6,7)8/h10,12-13,16,19,21H,2,9,11,14-15H2,1,3-8H3,(H,26,29)(H,27,31). The maximum atomic E-state index is 13.4. The molecule has 2 atom stereocenters. The number of benzene rings is 1. The molecule has 0 fully saturated rings. The van der Waals surface area contributed by atoms with Crippen LogP contribution in [0.2, 0.25) is 0 Å². The molecule has 1 aromatic carbocycles. The van der Waals surface area contributed by atoms with E-state index >= 15 is 0 Å². The van der Waals surface area contributed by atoms with E-state index in [1.807, 2.05) is 39.0 Å². The van der Waals surface area contributed by atoms with Gasteiger partial charge in [0.2, 0.25) is 11.8 Å². The number of hydrogen-bond acceptors (Lipinski definition) is 4. The number of nitrogens with zero attached hydrogens (tertiary/aromatic N) is 1. The van der Waals surface area contributed by atoms with E-state index in [1.165, 1.54) is 4.90 Å². The first-order valence-electron chi connectivity index (χ1n) is 11.2. The van der Waals surface area contributed by atoms with Crippen LogP contribution >= 0.6 is 0 Å². The van der Waals surface area contributed by atoms with Crippen molar-refractivity contribution in [1.29, 1.82) is 0 Å². The molecule has 0 aliphatic heterocycles. The number of nitrogens with one attached hydrogen (secondary N) is 2. The van der Waals surface area contributed by atoms with E-state index in [4.69, 9.17) is 4.74 Å². The molecule has 2 N–H and O–H groups in total. The van der Waals surface area contributed by atoms with Crippen LogP contribution in [0.25, 0.3) is 0 Å². The van der Waals surface area contributed by atoms with E-state index in [9.17, 15) is 14.4 Å². The molecule has 3 amide bonds. The second kappa shape index (κ2) is 12.3. The molecule has 1 aromatic rings. The number of unbranched alkanes of at least 4 members (excludes halogenated alkanes) is 1. The Morgan fingerprint density at radius 2 is 1.88 bits per heavy atom. The highest BCUT2D eigenvalue weighted by atomic mass is 16.6. The van der Waals surface area contributed by atoms with Crippen LogP contribution < -0.4 is 10.6 Å². The van der Waals surface area contributed by atoms with Gasteiger partial charge in [0.05, 0.1) is 0 Å². The molecule has 7 heteroatoms. The lowest BCUT2D eigenvalue weighted by atomic mass is 9.96. The fourth-order valence-corrected chi connectivity index (χ4v) is 3.25. The summed E-state index contributed by atoms with van der Waals surface area (Å²) in [6.07, 6.45) is 2.68. The number of amides is 3. The van der Waals surface area contributed by atoms with Gasteiger partial charge >= 0.3 is 6.09 Å². The Morgan fingerprint density at radius 3 is 2.44 bits per heavy atom. The van der Waals surface area contributed by atoms with Gasteiger partial charge in [0.15, 0.2) is 0 Å². The van der Waals surface area contributed by atoms with Gasteiger partial charge in [-0.1, -0.05) is 43.2 Å². The highest BCUT2D eigenvalue weighted by Gasteiger charge is 2.34. The van der Waals surface area contributed by atoms with Crippen LogP contribution in [0.15, 0.2) is 30.9 Å². The molecule has 2 unspecified atom stereocenters. The number of aryl methyl sites for hydroxylation is 2.